The van der Waals surface area contributed by atoms with Crippen LogP contribution in [0.2, 0.25) is 0 Å². The molecule has 3 amide bonds. The molecular formula is C20H25N3O3. The summed E-state index contributed by atoms with van der Waals surface area (Å²) in [5.41, 5.74) is 1.65. The van der Waals surface area contributed by atoms with Crippen molar-refractivity contribution in [3.8, 4) is 0 Å². The molecular weight excluding hydrogens is 330 g/mol. The Bertz CT molecular complexity index is 718. The highest BCUT2D eigenvalue weighted by atomic mass is 16.2. The number of piperidine rings is 1. The molecule has 3 heterocycles. The van der Waals surface area contributed by atoms with Crippen molar-refractivity contribution in [2.45, 2.75) is 56.7 Å². The predicted octanol–water partition coefficient (Wildman–Crippen LogP) is 1.25. The molecule has 1 aromatic rings. The molecule has 2 N–H and O–H groups in total. The van der Waals surface area contributed by atoms with Gasteiger partial charge in [0, 0.05) is 37.2 Å². The van der Waals surface area contributed by atoms with E-state index in [2.05, 4.69) is 10.6 Å². The normalized spacial score (nSPS) is 30.3. The lowest BCUT2D eigenvalue weighted by Gasteiger charge is -2.35. The number of nitrogens with one attached hydrogen (secondary N) is 2. The predicted molar refractivity (Wildman–Crippen MR) is 96.5 cm³/mol. The Morgan fingerprint density at radius 1 is 1.12 bits per heavy atom. The van der Waals surface area contributed by atoms with Crippen molar-refractivity contribution < 1.29 is 14.4 Å². The maximum atomic E-state index is 12.8. The minimum atomic E-state index is -0.295. The summed E-state index contributed by atoms with van der Waals surface area (Å²) in [6.07, 6.45) is 5.27. The van der Waals surface area contributed by atoms with Crippen molar-refractivity contribution in [3.63, 3.8) is 0 Å². The third-order valence-corrected chi connectivity index (χ3v) is 6.06. The van der Waals surface area contributed by atoms with E-state index in [1.54, 1.807) is 0 Å². The zero-order valence-corrected chi connectivity index (χ0v) is 15.0. The summed E-state index contributed by atoms with van der Waals surface area (Å²) in [6, 6.07) is 8.85. The van der Waals surface area contributed by atoms with E-state index in [0.717, 1.165) is 18.4 Å². The molecule has 4 rings (SSSR count). The van der Waals surface area contributed by atoms with Crippen molar-refractivity contribution in [2.75, 3.05) is 7.05 Å². The molecule has 6 heteroatoms. The Morgan fingerprint density at radius 2 is 1.77 bits per heavy atom. The number of hydrogen-bond acceptors (Lipinski definition) is 4. The lowest BCUT2D eigenvalue weighted by molar-refractivity contribution is -0.125. The summed E-state index contributed by atoms with van der Waals surface area (Å²) in [6.45, 7) is 0. The molecule has 0 aliphatic carbocycles. The number of rotatable bonds is 4. The fourth-order valence-corrected chi connectivity index (χ4v) is 4.55. The molecule has 138 valence electrons. The van der Waals surface area contributed by atoms with Gasteiger partial charge in [-0.2, -0.15) is 0 Å². The van der Waals surface area contributed by atoms with Gasteiger partial charge in [-0.3, -0.25) is 19.7 Å². The van der Waals surface area contributed by atoms with Crippen LogP contribution in [0.3, 0.4) is 0 Å². The van der Waals surface area contributed by atoms with Crippen molar-refractivity contribution in [2.24, 2.45) is 5.92 Å². The Labute approximate surface area is 153 Å². The Balaban J connectivity index is 1.39. The van der Waals surface area contributed by atoms with Gasteiger partial charge in [0.1, 0.15) is 0 Å². The monoisotopic (exact) mass is 355 g/mol. The Kier molecular flexibility index (Phi) is 4.53. The summed E-state index contributed by atoms with van der Waals surface area (Å²) in [5, 5.41) is 5.94. The van der Waals surface area contributed by atoms with Crippen molar-refractivity contribution in [1.82, 2.24) is 15.5 Å². The second kappa shape index (κ2) is 6.83. The number of amides is 3. The highest BCUT2D eigenvalue weighted by Crippen LogP contribution is 2.30. The van der Waals surface area contributed by atoms with Gasteiger partial charge in [0.25, 0.3) is 5.91 Å². The molecule has 6 nitrogen and oxygen atoms in total. The van der Waals surface area contributed by atoms with Gasteiger partial charge in [-0.1, -0.05) is 12.1 Å². The van der Waals surface area contributed by atoms with Gasteiger partial charge >= 0.3 is 0 Å². The molecule has 0 radical (unpaired) electrons. The van der Waals surface area contributed by atoms with E-state index in [1.165, 1.54) is 12.8 Å². The van der Waals surface area contributed by atoms with E-state index in [4.69, 9.17) is 0 Å². The van der Waals surface area contributed by atoms with Crippen LogP contribution in [0.25, 0.3) is 0 Å². The van der Waals surface area contributed by atoms with Crippen molar-refractivity contribution in [1.29, 1.82) is 0 Å². The number of nitrogens with zero attached hydrogens (tertiary/aromatic N) is 1. The van der Waals surface area contributed by atoms with Crippen LogP contribution in [0.1, 0.15) is 48.0 Å². The van der Waals surface area contributed by atoms with Gasteiger partial charge in [-0.15, -0.1) is 0 Å². The maximum absolute atomic E-state index is 12.8. The molecule has 3 aliphatic rings. The average Bonchev–Trinajstić information content (AvgIpc) is 3.14. The smallest absolute Gasteiger partial charge is 0.253 e. The van der Waals surface area contributed by atoms with E-state index in [0.29, 0.717) is 30.1 Å². The van der Waals surface area contributed by atoms with E-state index < -0.39 is 0 Å². The highest BCUT2D eigenvalue weighted by molar-refractivity contribution is 6.03. The summed E-state index contributed by atoms with van der Waals surface area (Å²) in [7, 11) is 1.90. The lowest BCUT2D eigenvalue weighted by atomic mass is 9.96. The minimum absolute atomic E-state index is 0.0524. The van der Waals surface area contributed by atoms with Gasteiger partial charge in [0.05, 0.1) is 5.92 Å². The number of imide groups is 1. The molecule has 3 atom stereocenters. The van der Waals surface area contributed by atoms with Crippen molar-refractivity contribution >= 4 is 17.7 Å². The van der Waals surface area contributed by atoms with Gasteiger partial charge in [-0.25, -0.2) is 0 Å². The van der Waals surface area contributed by atoms with Crippen LogP contribution >= 0.6 is 0 Å². The van der Waals surface area contributed by atoms with E-state index in [9.17, 15) is 14.4 Å². The fourth-order valence-electron chi connectivity index (χ4n) is 4.55. The number of benzene rings is 1. The molecule has 0 saturated carbocycles. The zero-order valence-electron chi connectivity index (χ0n) is 15.0. The van der Waals surface area contributed by atoms with E-state index >= 15 is 0 Å². The molecule has 2 bridgehead atoms. The van der Waals surface area contributed by atoms with Gasteiger partial charge in [0.2, 0.25) is 11.8 Å². The highest BCUT2D eigenvalue weighted by Gasteiger charge is 2.36. The first-order chi connectivity index (χ1) is 12.5. The molecule has 0 aromatic heterocycles. The molecule has 0 spiro atoms. The standard InChI is InChI=1S/C20H25N3O3/c1-23(17-10-15-6-7-16(11-17)21-15)20(26)13-4-2-12(3-5-13)8-14-9-18(24)22-19(14)25/h2-5,14-17,21H,6-11H2,1H3,(H,22,24,25). The molecule has 1 aromatic carbocycles. The summed E-state index contributed by atoms with van der Waals surface area (Å²) >= 11 is 0. The second-order valence-electron chi connectivity index (χ2n) is 7.89. The van der Waals surface area contributed by atoms with Crippen LogP contribution in [0.4, 0.5) is 0 Å². The zero-order chi connectivity index (χ0) is 18.3. The van der Waals surface area contributed by atoms with Gasteiger partial charge in [0.15, 0.2) is 0 Å². The fraction of sp³-hybridized carbons (Fsp3) is 0.550. The SMILES string of the molecule is CN(C(=O)c1ccc(CC2CC(=O)NC2=O)cc1)C1CC2CCC(C1)N2. The summed E-state index contributed by atoms with van der Waals surface area (Å²) in [4.78, 5) is 37.7. The topological polar surface area (TPSA) is 78.5 Å². The average molecular weight is 355 g/mol. The van der Waals surface area contributed by atoms with Crippen molar-refractivity contribution in [3.05, 3.63) is 35.4 Å². The molecule has 3 saturated heterocycles. The van der Waals surface area contributed by atoms with Crippen LogP contribution in [0.15, 0.2) is 24.3 Å². The lowest BCUT2D eigenvalue weighted by Crippen LogP contribution is -2.48. The van der Waals surface area contributed by atoms with Gasteiger partial charge < -0.3 is 10.2 Å². The van der Waals surface area contributed by atoms with Crippen LogP contribution in [0.5, 0.6) is 0 Å². The number of fused-ring (bicyclic) bond motifs is 2. The number of carbonyl (C=O) groups excluding carboxylic acids is 3. The first kappa shape index (κ1) is 17.2. The minimum Gasteiger partial charge on any atom is -0.339 e. The molecule has 3 aliphatic heterocycles. The van der Waals surface area contributed by atoms with Crippen LogP contribution in [-0.2, 0) is 16.0 Å². The number of carbonyl (C=O) groups is 3. The molecule has 26 heavy (non-hydrogen) atoms. The van der Waals surface area contributed by atoms with Crippen LogP contribution in [-0.4, -0.2) is 47.8 Å². The molecule has 3 unspecified atom stereocenters. The maximum Gasteiger partial charge on any atom is 0.253 e. The van der Waals surface area contributed by atoms with E-state index in [-0.39, 0.29) is 30.1 Å². The third kappa shape index (κ3) is 3.38. The third-order valence-electron chi connectivity index (χ3n) is 6.06. The summed E-state index contributed by atoms with van der Waals surface area (Å²) < 4.78 is 0. The largest absolute Gasteiger partial charge is 0.339 e. The first-order valence-electron chi connectivity index (χ1n) is 9.45. The quantitative estimate of drug-likeness (QED) is 0.797. The Hall–Kier alpha value is -2.21. The van der Waals surface area contributed by atoms with Gasteiger partial charge in [-0.05, 0) is 49.8 Å². The first-order valence-corrected chi connectivity index (χ1v) is 9.45. The second-order valence-corrected chi connectivity index (χ2v) is 7.89. The molecule has 3 fully saturated rings. The number of hydrogen-bond donors (Lipinski definition) is 2. The van der Waals surface area contributed by atoms with E-state index in [1.807, 2.05) is 36.2 Å². The van der Waals surface area contributed by atoms with Crippen LogP contribution < -0.4 is 10.6 Å². The van der Waals surface area contributed by atoms with Crippen LogP contribution in [0, 0.1) is 5.92 Å². The Morgan fingerprint density at radius 3 is 2.35 bits per heavy atom. The summed E-state index contributed by atoms with van der Waals surface area (Å²) in [5.74, 6) is -0.645.